The zero-order valence-electron chi connectivity index (χ0n) is 14.8. The van der Waals surface area contributed by atoms with E-state index >= 15 is 0 Å². The van der Waals surface area contributed by atoms with E-state index in [4.69, 9.17) is 4.74 Å². The summed E-state index contributed by atoms with van der Waals surface area (Å²) in [5.41, 5.74) is 8.16. The summed E-state index contributed by atoms with van der Waals surface area (Å²) in [6.07, 6.45) is 1.03. The molecule has 3 aromatic rings. The van der Waals surface area contributed by atoms with Crippen LogP contribution in [0.1, 0.15) is 16.7 Å². The molecule has 25 heavy (non-hydrogen) atoms. The third-order valence-electron chi connectivity index (χ3n) is 4.99. The van der Waals surface area contributed by atoms with Crippen molar-refractivity contribution in [2.24, 2.45) is 0 Å². The lowest BCUT2D eigenvalue weighted by Gasteiger charge is -2.33. The van der Waals surface area contributed by atoms with Gasteiger partial charge in [0.1, 0.15) is 5.75 Å². The fraction of sp³-hybridized carbons (Fsp3) is 0.217. The van der Waals surface area contributed by atoms with Crippen LogP contribution in [0.25, 0.3) is 11.1 Å². The highest BCUT2D eigenvalue weighted by molar-refractivity contribution is 5.83. The Morgan fingerprint density at radius 1 is 0.920 bits per heavy atom. The van der Waals surface area contributed by atoms with Crippen LogP contribution < -0.4 is 9.64 Å². The van der Waals surface area contributed by atoms with Crippen molar-refractivity contribution in [2.45, 2.75) is 19.9 Å². The lowest BCUT2D eigenvalue weighted by Crippen LogP contribution is -2.28. The van der Waals surface area contributed by atoms with E-state index in [9.17, 15) is 0 Å². The summed E-state index contributed by atoms with van der Waals surface area (Å²) in [4.78, 5) is 2.50. The van der Waals surface area contributed by atoms with Crippen molar-refractivity contribution in [2.75, 3.05) is 18.6 Å². The number of hydrogen-bond donors (Lipinski definition) is 0. The standard InChI is InChI=1S/C23H23NO/c1-17-7-12-21-19(15-17)16-24(23-6-4-3-5-22(21)23)14-13-18-8-10-20(25-2)11-9-18/h3-12,15H,13-14,16H2,1-2H3. The van der Waals surface area contributed by atoms with E-state index in [0.717, 1.165) is 25.3 Å². The van der Waals surface area contributed by atoms with Crippen molar-refractivity contribution in [3.63, 3.8) is 0 Å². The quantitative estimate of drug-likeness (QED) is 0.649. The first-order valence-corrected chi connectivity index (χ1v) is 8.81. The van der Waals surface area contributed by atoms with Gasteiger partial charge < -0.3 is 9.64 Å². The Labute approximate surface area is 149 Å². The fourth-order valence-corrected chi connectivity index (χ4v) is 3.64. The summed E-state index contributed by atoms with van der Waals surface area (Å²) >= 11 is 0. The third-order valence-corrected chi connectivity index (χ3v) is 4.99. The molecular weight excluding hydrogens is 306 g/mol. The molecule has 0 aromatic heterocycles. The number of para-hydroxylation sites is 1. The minimum atomic E-state index is 0.913. The van der Waals surface area contributed by atoms with Gasteiger partial charge in [-0.05, 0) is 48.2 Å². The van der Waals surface area contributed by atoms with E-state index in [0.29, 0.717) is 0 Å². The number of ether oxygens (including phenoxy) is 1. The number of aryl methyl sites for hydroxylation is 1. The van der Waals surface area contributed by atoms with Gasteiger partial charge in [-0.25, -0.2) is 0 Å². The van der Waals surface area contributed by atoms with Crippen molar-refractivity contribution in [3.8, 4) is 16.9 Å². The second-order valence-electron chi connectivity index (χ2n) is 6.70. The number of benzene rings is 3. The lowest BCUT2D eigenvalue weighted by molar-refractivity contribution is 0.414. The van der Waals surface area contributed by atoms with Crippen LogP contribution in [0.2, 0.25) is 0 Å². The summed E-state index contributed by atoms with van der Waals surface area (Å²) in [7, 11) is 1.71. The molecule has 3 aromatic carbocycles. The highest BCUT2D eigenvalue weighted by Crippen LogP contribution is 2.39. The van der Waals surface area contributed by atoms with Crippen LogP contribution >= 0.6 is 0 Å². The third kappa shape index (κ3) is 3.12. The van der Waals surface area contributed by atoms with Crippen LogP contribution in [0.4, 0.5) is 5.69 Å². The molecule has 1 aliphatic rings. The van der Waals surface area contributed by atoms with Crippen LogP contribution in [0, 0.1) is 6.92 Å². The first-order chi connectivity index (χ1) is 12.2. The molecule has 0 radical (unpaired) electrons. The van der Waals surface area contributed by atoms with Gasteiger partial charge >= 0.3 is 0 Å². The molecule has 1 heterocycles. The zero-order valence-corrected chi connectivity index (χ0v) is 14.8. The van der Waals surface area contributed by atoms with E-state index in [1.54, 1.807) is 7.11 Å². The molecule has 4 rings (SSSR count). The first kappa shape index (κ1) is 15.8. The highest BCUT2D eigenvalue weighted by atomic mass is 16.5. The lowest BCUT2D eigenvalue weighted by atomic mass is 9.92. The topological polar surface area (TPSA) is 12.5 Å². The summed E-state index contributed by atoms with van der Waals surface area (Å²) in [6, 6.07) is 24.0. The minimum Gasteiger partial charge on any atom is -0.497 e. The monoisotopic (exact) mass is 329 g/mol. The minimum absolute atomic E-state index is 0.913. The van der Waals surface area contributed by atoms with Crippen molar-refractivity contribution >= 4 is 5.69 Å². The van der Waals surface area contributed by atoms with Gasteiger partial charge in [0.2, 0.25) is 0 Å². The molecule has 2 nitrogen and oxygen atoms in total. The normalized spacial score (nSPS) is 12.5. The molecule has 0 unspecified atom stereocenters. The summed E-state index contributed by atoms with van der Waals surface area (Å²) in [5, 5.41) is 0. The SMILES string of the molecule is COc1ccc(CCN2Cc3cc(C)ccc3-c3ccccc32)cc1. The molecule has 0 atom stereocenters. The van der Waals surface area contributed by atoms with Crippen molar-refractivity contribution in [1.82, 2.24) is 0 Å². The first-order valence-electron chi connectivity index (χ1n) is 8.81. The van der Waals surface area contributed by atoms with E-state index in [-0.39, 0.29) is 0 Å². The van der Waals surface area contributed by atoms with Gasteiger partial charge in [0, 0.05) is 24.3 Å². The van der Waals surface area contributed by atoms with Crippen LogP contribution in [-0.4, -0.2) is 13.7 Å². The number of methoxy groups -OCH3 is 1. The maximum Gasteiger partial charge on any atom is 0.118 e. The Hall–Kier alpha value is -2.74. The predicted octanol–water partition coefficient (Wildman–Crippen LogP) is 5.23. The van der Waals surface area contributed by atoms with Gasteiger partial charge in [-0.3, -0.25) is 0 Å². The average Bonchev–Trinajstić information content (AvgIpc) is 2.66. The van der Waals surface area contributed by atoms with Crippen molar-refractivity contribution < 1.29 is 4.74 Å². The molecule has 0 fully saturated rings. The number of rotatable bonds is 4. The molecule has 0 saturated heterocycles. The van der Waals surface area contributed by atoms with E-state index in [1.807, 2.05) is 12.1 Å². The molecule has 0 bridgehead atoms. The maximum absolute atomic E-state index is 5.25. The number of hydrogen-bond acceptors (Lipinski definition) is 2. The smallest absolute Gasteiger partial charge is 0.118 e. The van der Waals surface area contributed by atoms with E-state index < -0.39 is 0 Å². The molecule has 0 saturated carbocycles. The van der Waals surface area contributed by atoms with Gasteiger partial charge in [-0.15, -0.1) is 0 Å². The largest absolute Gasteiger partial charge is 0.497 e. The van der Waals surface area contributed by atoms with Gasteiger partial charge in [-0.2, -0.15) is 0 Å². The van der Waals surface area contributed by atoms with Crippen LogP contribution in [0.3, 0.4) is 0 Å². The predicted molar refractivity (Wildman–Crippen MR) is 104 cm³/mol. The van der Waals surface area contributed by atoms with Crippen LogP contribution in [0.5, 0.6) is 5.75 Å². The second-order valence-corrected chi connectivity index (χ2v) is 6.70. The zero-order chi connectivity index (χ0) is 17.2. The molecule has 1 aliphatic heterocycles. The molecule has 126 valence electrons. The Balaban J connectivity index is 1.59. The maximum atomic E-state index is 5.25. The van der Waals surface area contributed by atoms with Crippen molar-refractivity contribution in [1.29, 1.82) is 0 Å². The average molecular weight is 329 g/mol. The second kappa shape index (κ2) is 6.64. The molecule has 0 amide bonds. The van der Waals surface area contributed by atoms with Gasteiger partial charge in [0.15, 0.2) is 0 Å². The van der Waals surface area contributed by atoms with Gasteiger partial charge in [-0.1, -0.05) is 54.1 Å². The molecule has 0 aliphatic carbocycles. The molecule has 0 N–H and O–H groups in total. The molecular formula is C23H23NO. The van der Waals surface area contributed by atoms with Crippen LogP contribution in [0.15, 0.2) is 66.7 Å². The van der Waals surface area contributed by atoms with Crippen molar-refractivity contribution in [3.05, 3.63) is 83.4 Å². The number of fused-ring (bicyclic) bond motifs is 3. The number of anilines is 1. The Bertz CT molecular complexity index is 883. The Morgan fingerprint density at radius 2 is 1.72 bits per heavy atom. The van der Waals surface area contributed by atoms with E-state index in [1.165, 1.54) is 33.5 Å². The van der Waals surface area contributed by atoms with Gasteiger partial charge in [0.05, 0.1) is 7.11 Å². The molecule has 0 spiro atoms. The Kier molecular flexibility index (Phi) is 4.19. The van der Waals surface area contributed by atoms with Crippen LogP contribution in [-0.2, 0) is 13.0 Å². The summed E-state index contributed by atoms with van der Waals surface area (Å²) < 4.78 is 5.25. The van der Waals surface area contributed by atoms with Gasteiger partial charge in [0.25, 0.3) is 0 Å². The Morgan fingerprint density at radius 3 is 2.52 bits per heavy atom. The highest BCUT2D eigenvalue weighted by Gasteiger charge is 2.21. The number of nitrogens with zero attached hydrogens (tertiary/aromatic N) is 1. The summed E-state index contributed by atoms with van der Waals surface area (Å²) in [6.45, 7) is 4.16. The summed E-state index contributed by atoms with van der Waals surface area (Å²) in [5.74, 6) is 0.913. The van der Waals surface area contributed by atoms with E-state index in [2.05, 4.69) is 66.4 Å². The fourth-order valence-electron chi connectivity index (χ4n) is 3.64. The molecule has 2 heteroatoms.